The van der Waals surface area contributed by atoms with Crippen molar-refractivity contribution in [2.45, 2.75) is 19.9 Å². The maximum Gasteiger partial charge on any atom is 0.338 e. The molecule has 31 heavy (non-hydrogen) atoms. The van der Waals surface area contributed by atoms with E-state index in [1.807, 2.05) is 49.4 Å². The number of carbonyl (C=O) groups is 1. The number of hydrogen-bond donors (Lipinski definition) is 1. The average molecular weight is 420 g/mol. The molecule has 1 atom stereocenters. The van der Waals surface area contributed by atoms with Crippen molar-refractivity contribution in [2.24, 2.45) is 0 Å². The van der Waals surface area contributed by atoms with Crippen LogP contribution in [0.5, 0.6) is 11.5 Å². The Morgan fingerprint density at radius 3 is 2.58 bits per heavy atom. The van der Waals surface area contributed by atoms with Gasteiger partial charge in [-0.1, -0.05) is 30.3 Å². The second-order valence-corrected chi connectivity index (χ2v) is 6.94. The smallest absolute Gasteiger partial charge is 0.338 e. The van der Waals surface area contributed by atoms with Crippen LogP contribution in [0.2, 0.25) is 0 Å². The molecule has 1 N–H and O–H groups in total. The number of ether oxygens (including phenoxy) is 3. The number of aromatic nitrogens is 3. The number of benzene rings is 2. The number of anilines is 1. The van der Waals surface area contributed by atoms with Crippen molar-refractivity contribution in [1.29, 1.82) is 0 Å². The summed E-state index contributed by atoms with van der Waals surface area (Å²) in [7, 11) is 3.17. The zero-order valence-electron chi connectivity index (χ0n) is 17.9. The lowest BCUT2D eigenvalue weighted by Crippen LogP contribution is -2.30. The average Bonchev–Trinajstić information content (AvgIpc) is 3.18. The number of fused-ring (bicyclic) bond motifs is 1. The highest BCUT2D eigenvalue weighted by molar-refractivity contribution is 6.02. The van der Waals surface area contributed by atoms with Gasteiger partial charge in [-0.15, -0.1) is 0 Å². The van der Waals surface area contributed by atoms with E-state index in [9.17, 15) is 4.79 Å². The van der Waals surface area contributed by atoms with Crippen molar-refractivity contribution in [2.75, 3.05) is 26.1 Å². The van der Waals surface area contributed by atoms with E-state index in [1.54, 1.807) is 31.9 Å². The summed E-state index contributed by atoms with van der Waals surface area (Å²) >= 11 is 0. The number of methoxy groups -OCH3 is 2. The highest BCUT2D eigenvalue weighted by atomic mass is 16.5. The van der Waals surface area contributed by atoms with Crippen LogP contribution >= 0.6 is 0 Å². The van der Waals surface area contributed by atoms with Gasteiger partial charge < -0.3 is 19.5 Å². The summed E-state index contributed by atoms with van der Waals surface area (Å²) in [6, 6.07) is 14.5. The normalized spacial score (nSPS) is 15.2. The van der Waals surface area contributed by atoms with Crippen LogP contribution in [0.4, 0.5) is 5.95 Å². The third kappa shape index (κ3) is 3.72. The minimum Gasteiger partial charge on any atom is -0.497 e. The van der Waals surface area contributed by atoms with E-state index in [0.29, 0.717) is 34.5 Å². The summed E-state index contributed by atoms with van der Waals surface area (Å²) in [4.78, 5) is 17.8. The fourth-order valence-corrected chi connectivity index (χ4v) is 3.72. The van der Waals surface area contributed by atoms with Crippen LogP contribution in [-0.2, 0) is 9.53 Å². The van der Waals surface area contributed by atoms with Crippen LogP contribution in [0, 0.1) is 6.92 Å². The van der Waals surface area contributed by atoms with E-state index < -0.39 is 12.0 Å². The number of rotatable bonds is 6. The minimum atomic E-state index is -0.604. The molecule has 0 spiro atoms. The van der Waals surface area contributed by atoms with E-state index >= 15 is 0 Å². The Kier molecular flexibility index (Phi) is 5.62. The van der Waals surface area contributed by atoms with Crippen molar-refractivity contribution in [3.63, 3.8) is 0 Å². The van der Waals surface area contributed by atoms with Gasteiger partial charge in [0, 0.05) is 11.6 Å². The Hall–Kier alpha value is -3.81. The first-order valence-corrected chi connectivity index (χ1v) is 9.96. The van der Waals surface area contributed by atoms with Crippen molar-refractivity contribution in [3.05, 3.63) is 71.1 Å². The van der Waals surface area contributed by atoms with Gasteiger partial charge in [-0.3, -0.25) is 0 Å². The zero-order valence-corrected chi connectivity index (χ0v) is 17.9. The fraction of sp³-hybridized carbons (Fsp3) is 0.261. The molecule has 0 fully saturated rings. The predicted molar refractivity (Wildman–Crippen MR) is 116 cm³/mol. The molecule has 2 heterocycles. The van der Waals surface area contributed by atoms with E-state index in [4.69, 9.17) is 14.2 Å². The predicted octanol–water partition coefficient (Wildman–Crippen LogP) is 3.59. The molecule has 0 bridgehead atoms. The van der Waals surface area contributed by atoms with E-state index in [2.05, 4.69) is 15.4 Å². The van der Waals surface area contributed by atoms with Gasteiger partial charge in [-0.25, -0.2) is 9.48 Å². The second kappa shape index (κ2) is 8.51. The molecule has 0 saturated heterocycles. The molecule has 1 aromatic heterocycles. The molecule has 0 saturated carbocycles. The van der Waals surface area contributed by atoms with Crippen LogP contribution in [0.3, 0.4) is 0 Å². The zero-order chi connectivity index (χ0) is 22.0. The van der Waals surface area contributed by atoms with E-state index in [0.717, 1.165) is 11.1 Å². The summed E-state index contributed by atoms with van der Waals surface area (Å²) < 4.78 is 18.2. The second-order valence-electron chi connectivity index (χ2n) is 6.94. The molecule has 0 radical (unpaired) electrons. The minimum absolute atomic E-state index is 0.250. The Morgan fingerprint density at radius 1 is 1.13 bits per heavy atom. The molecule has 4 rings (SSSR count). The molecule has 1 aliphatic rings. The monoisotopic (exact) mass is 420 g/mol. The summed E-state index contributed by atoms with van der Waals surface area (Å²) in [5.41, 5.74) is 2.64. The molecule has 160 valence electrons. The molecule has 3 aromatic rings. The standard InChI is InChI=1S/C23H24N4O4/c1-5-31-22(28)19-20(15-9-7-6-8-10-15)25-23-24-14(2)26-27(23)21(19)17-12-11-16(29-3)13-18(17)30-4/h6-13,21H,5H2,1-4H3,(H,24,25,26)/t21-/m0/s1. The molecular weight excluding hydrogens is 396 g/mol. The molecule has 0 unspecified atom stereocenters. The molecule has 0 amide bonds. The topological polar surface area (TPSA) is 87.5 Å². The SMILES string of the molecule is CCOC(=O)C1=C(c2ccccc2)Nc2nc(C)nn2[C@H]1c1ccc(OC)cc1OC. The Balaban J connectivity index is 2.01. The fourth-order valence-electron chi connectivity index (χ4n) is 3.72. The van der Waals surface area contributed by atoms with Crippen LogP contribution in [-0.4, -0.2) is 41.6 Å². The lowest BCUT2D eigenvalue weighted by molar-refractivity contribution is -0.138. The van der Waals surface area contributed by atoms with Crippen molar-refractivity contribution in [1.82, 2.24) is 14.8 Å². The van der Waals surface area contributed by atoms with Gasteiger partial charge in [-0.05, 0) is 31.5 Å². The molecule has 8 nitrogen and oxygen atoms in total. The van der Waals surface area contributed by atoms with Gasteiger partial charge in [0.2, 0.25) is 5.95 Å². The first kappa shape index (κ1) is 20.5. The third-order valence-corrected chi connectivity index (χ3v) is 5.05. The first-order chi connectivity index (χ1) is 15.1. The van der Waals surface area contributed by atoms with Gasteiger partial charge in [0.1, 0.15) is 23.4 Å². The van der Waals surface area contributed by atoms with Crippen molar-refractivity contribution in [3.8, 4) is 11.5 Å². The summed E-state index contributed by atoms with van der Waals surface area (Å²) in [6.07, 6.45) is 0. The van der Waals surface area contributed by atoms with Gasteiger partial charge in [0.15, 0.2) is 0 Å². The van der Waals surface area contributed by atoms with Crippen LogP contribution in [0.1, 0.15) is 29.9 Å². The number of esters is 1. The van der Waals surface area contributed by atoms with Crippen LogP contribution in [0.25, 0.3) is 5.70 Å². The molecule has 8 heteroatoms. The summed E-state index contributed by atoms with van der Waals surface area (Å²) in [5, 5.41) is 7.85. The largest absolute Gasteiger partial charge is 0.497 e. The Morgan fingerprint density at radius 2 is 1.90 bits per heavy atom. The molecular formula is C23H24N4O4. The summed E-state index contributed by atoms with van der Waals surface area (Å²) in [6.45, 7) is 3.84. The van der Waals surface area contributed by atoms with E-state index in [1.165, 1.54) is 0 Å². The molecule has 0 aliphatic carbocycles. The maximum atomic E-state index is 13.3. The Labute approximate surface area is 180 Å². The van der Waals surface area contributed by atoms with Crippen molar-refractivity contribution >= 4 is 17.6 Å². The highest BCUT2D eigenvalue weighted by Gasteiger charge is 2.38. The number of aryl methyl sites for hydroxylation is 1. The molecule has 1 aliphatic heterocycles. The number of hydrogen-bond acceptors (Lipinski definition) is 7. The lowest BCUT2D eigenvalue weighted by Gasteiger charge is -2.30. The van der Waals surface area contributed by atoms with Crippen LogP contribution in [0.15, 0.2) is 54.1 Å². The Bertz CT molecular complexity index is 1140. The van der Waals surface area contributed by atoms with Crippen LogP contribution < -0.4 is 14.8 Å². The quantitative estimate of drug-likeness (QED) is 0.610. The number of nitrogens with zero attached hydrogens (tertiary/aromatic N) is 3. The van der Waals surface area contributed by atoms with Gasteiger partial charge in [-0.2, -0.15) is 10.1 Å². The molecule has 2 aromatic carbocycles. The first-order valence-electron chi connectivity index (χ1n) is 9.96. The van der Waals surface area contributed by atoms with Crippen molar-refractivity contribution < 1.29 is 19.0 Å². The maximum absolute atomic E-state index is 13.3. The summed E-state index contributed by atoms with van der Waals surface area (Å²) in [5.74, 6) is 1.90. The number of carbonyl (C=O) groups excluding carboxylic acids is 1. The lowest BCUT2D eigenvalue weighted by atomic mass is 9.92. The van der Waals surface area contributed by atoms with E-state index in [-0.39, 0.29) is 6.61 Å². The van der Waals surface area contributed by atoms with Gasteiger partial charge in [0.25, 0.3) is 0 Å². The third-order valence-electron chi connectivity index (χ3n) is 5.05. The number of nitrogens with one attached hydrogen (secondary N) is 1. The highest BCUT2D eigenvalue weighted by Crippen LogP contribution is 2.42. The van der Waals surface area contributed by atoms with Gasteiger partial charge in [0.05, 0.1) is 32.1 Å². The van der Waals surface area contributed by atoms with Gasteiger partial charge >= 0.3 is 5.97 Å².